The fraction of sp³-hybridized carbons (Fsp3) is 0.619. The Bertz CT molecular complexity index is 1140. The summed E-state index contributed by atoms with van der Waals surface area (Å²) in [5.41, 5.74) is 1.94. The van der Waals surface area contributed by atoms with Crippen LogP contribution in [0.15, 0.2) is 14.7 Å². The van der Waals surface area contributed by atoms with E-state index in [1.54, 1.807) is 25.3 Å². The molecule has 3 heterocycles. The van der Waals surface area contributed by atoms with Crippen LogP contribution in [0.2, 0.25) is 0 Å². The Balaban J connectivity index is 1.72. The van der Waals surface area contributed by atoms with E-state index < -0.39 is 11.7 Å². The van der Waals surface area contributed by atoms with Gasteiger partial charge in [-0.3, -0.25) is 13.9 Å². The van der Waals surface area contributed by atoms with Crippen molar-refractivity contribution >= 4 is 33.9 Å². The summed E-state index contributed by atoms with van der Waals surface area (Å²) in [5, 5.41) is 4.51. The van der Waals surface area contributed by atoms with Crippen LogP contribution in [-0.4, -0.2) is 39.8 Å². The molecule has 2 aromatic rings. The van der Waals surface area contributed by atoms with Crippen molar-refractivity contribution in [3.05, 3.63) is 31.3 Å². The second kappa shape index (κ2) is 8.23. The summed E-state index contributed by atoms with van der Waals surface area (Å²) in [4.78, 5) is 39.5. The van der Waals surface area contributed by atoms with Gasteiger partial charge in [0.2, 0.25) is 0 Å². The maximum absolute atomic E-state index is 13.2. The number of hydrazone groups is 1. The Morgan fingerprint density at radius 3 is 2.68 bits per heavy atom. The number of hydrogen-bond acceptors (Lipinski definition) is 7. The van der Waals surface area contributed by atoms with E-state index in [0.717, 1.165) is 31.2 Å². The zero-order chi connectivity index (χ0) is 22.3. The van der Waals surface area contributed by atoms with Crippen molar-refractivity contribution < 1.29 is 14.3 Å². The lowest BCUT2D eigenvalue weighted by Gasteiger charge is -2.18. The molecule has 0 bridgehead atoms. The predicted octanol–water partition coefficient (Wildman–Crippen LogP) is 2.91. The highest BCUT2D eigenvalue weighted by Crippen LogP contribution is 2.34. The minimum Gasteiger partial charge on any atom is -0.443 e. The largest absolute Gasteiger partial charge is 0.443 e. The van der Waals surface area contributed by atoms with E-state index in [-0.39, 0.29) is 23.4 Å². The molecule has 1 N–H and O–H groups in total. The number of amides is 1. The zero-order valence-electron chi connectivity index (χ0n) is 18.3. The number of nitrogens with one attached hydrogen (secondary N) is 1. The van der Waals surface area contributed by atoms with E-state index in [1.807, 2.05) is 6.92 Å². The molecule has 2 aliphatic rings. The molecule has 0 aromatic carbocycles. The van der Waals surface area contributed by atoms with Gasteiger partial charge < -0.3 is 9.47 Å². The number of carbonyl (C=O) groups is 1. The first-order valence-corrected chi connectivity index (χ1v) is 11.4. The first-order chi connectivity index (χ1) is 14.7. The maximum atomic E-state index is 13.2. The van der Waals surface area contributed by atoms with Crippen LogP contribution in [0, 0.1) is 6.92 Å². The van der Waals surface area contributed by atoms with E-state index in [2.05, 4.69) is 10.5 Å². The van der Waals surface area contributed by atoms with Gasteiger partial charge in [-0.2, -0.15) is 5.10 Å². The van der Waals surface area contributed by atoms with Gasteiger partial charge in [-0.15, -0.1) is 11.3 Å². The topological polar surface area (TPSA) is 104 Å². The molecule has 9 nitrogen and oxygen atoms in total. The lowest BCUT2D eigenvalue weighted by atomic mass is 10.2. The van der Waals surface area contributed by atoms with Crippen molar-refractivity contribution in [2.24, 2.45) is 5.10 Å². The summed E-state index contributed by atoms with van der Waals surface area (Å²) < 4.78 is 14.0. The van der Waals surface area contributed by atoms with Crippen molar-refractivity contribution in [3.8, 4) is 0 Å². The molecule has 0 radical (unpaired) electrons. The SMILES string of the molecule is Cc1c(/C=N/NC(=O)OC(C)(C)C)sc2c1c(=O)n(C1CC1)c(=O)n2CC1CCCO1. The van der Waals surface area contributed by atoms with Crippen molar-refractivity contribution in [3.63, 3.8) is 0 Å². The molecule has 31 heavy (non-hydrogen) atoms. The Hall–Kier alpha value is -2.46. The van der Waals surface area contributed by atoms with E-state index in [4.69, 9.17) is 9.47 Å². The van der Waals surface area contributed by atoms with Crippen LogP contribution >= 0.6 is 11.3 Å². The van der Waals surface area contributed by atoms with Crippen molar-refractivity contribution in [2.75, 3.05) is 6.61 Å². The molecular weight excluding hydrogens is 420 g/mol. The fourth-order valence-electron chi connectivity index (χ4n) is 3.76. The van der Waals surface area contributed by atoms with Gasteiger partial charge in [0.15, 0.2) is 0 Å². The first-order valence-electron chi connectivity index (χ1n) is 10.6. The fourth-order valence-corrected chi connectivity index (χ4v) is 4.93. The molecule has 1 aliphatic carbocycles. The molecule has 2 aromatic heterocycles. The summed E-state index contributed by atoms with van der Waals surface area (Å²) in [6, 6.07) is -0.0228. The Kier molecular flexibility index (Phi) is 5.78. The third kappa shape index (κ3) is 4.59. The highest BCUT2D eigenvalue weighted by Gasteiger charge is 2.31. The van der Waals surface area contributed by atoms with E-state index in [9.17, 15) is 14.4 Å². The lowest BCUT2D eigenvalue weighted by molar-refractivity contribution is 0.0529. The molecule has 1 unspecified atom stereocenters. The summed E-state index contributed by atoms with van der Waals surface area (Å²) >= 11 is 1.32. The monoisotopic (exact) mass is 448 g/mol. The minimum atomic E-state index is -0.658. The van der Waals surface area contributed by atoms with Gasteiger partial charge in [0.25, 0.3) is 5.56 Å². The number of fused-ring (bicyclic) bond motifs is 1. The van der Waals surface area contributed by atoms with E-state index >= 15 is 0 Å². The minimum absolute atomic E-state index is 0.0228. The standard InChI is InChI=1S/C21H28N4O5S/c1-12-15(10-22-23-19(27)30-21(2,3)4)31-18-16(12)17(26)25(13-7-8-13)20(28)24(18)11-14-6-5-9-29-14/h10,13-14H,5-9,11H2,1-4H3,(H,23,27)/b22-10+. The molecule has 4 rings (SSSR count). The van der Waals surface area contributed by atoms with E-state index in [1.165, 1.54) is 22.1 Å². The molecule has 2 fully saturated rings. The van der Waals surface area contributed by atoms with Gasteiger partial charge in [0.1, 0.15) is 10.4 Å². The molecule has 1 saturated carbocycles. The third-order valence-corrected chi connectivity index (χ3v) is 6.59. The average Bonchev–Trinajstić information content (AvgIpc) is 3.25. The molecule has 0 spiro atoms. The quantitative estimate of drug-likeness (QED) is 0.559. The van der Waals surface area contributed by atoms with E-state index in [0.29, 0.717) is 28.2 Å². The van der Waals surface area contributed by atoms with Crippen molar-refractivity contribution in [2.45, 2.75) is 77.7 Å². The Morgan fingerprint density at radius 2 is 2.06 bits per heavy atom. The van der Waals surface area contributed by atoms with Gasteiger partial charge in [-0.05, 0) is 58.9 Å². The van der Waals surface area contributed by atoms with Crippen LogP contribution in [0.5, 0.6) is 0 Å². The van der Waals surface area contributed by atoms with Crippen LogP contribution in [0.4, 0.5) is 4.79 Å². The molecule has 1 aliphatic heterocycles. The average molecular weight is 449 g/mol. The van der Waals surface area contributed by atoms with Crippen LogP contribution in [0.3, 0.4) is 0 Å². The lowest BCUT2D eigenvalue weighted by Crippen LogP contribution is -2.40. The molecule has 10 heteroatoms. The third-order valence-electron chi connectivity index (χ3n) is 5.34. The summed E-state index contributed by atoms with van der Waals surface area (Å²) in [6.45, 7) is 8.27. The van der Waals surface area contributed by atoms with Crippen LogP contribution in [0.25, 0.3) is 10.2 Å². The Morgan fingerprint density at radius 1 is 1.32 bits per heavy atom. The van der Waals surface area contributed by atoms with Gasteiger partial charge >= 0.3 is 11.8 Å². The number of carbonyl (C=O) groups excluding carboxylic acids is 1. The number of ether oxygens (including phenoxy) is 2. The zero-order valence-corrected chi connectivity index (χ0v) is 19.1. The summed E-state index contributed by atoms with van der Waals surface area (Å²) in [5.74, 6) is 0. The van der Waals surface area contributed by atoms with Gasteiger partial charge in [-0.25, -0.2) is 15.0 Å². The number of thiophene rings is 1. The molecular formula is C21H28N4O5S. The molecule has 1 amide bonds. The van der Waals surface area contributed by atoms with Gasteiger partial charge in [0.05, 0.1) is 29.1 Å². The first kappa shape index (κ1) is 21.8. The molecule has 1 atom stereocenters. The maximum Gasteiger partial charge on any atom is 0.428 e. The normalized spacial score (nSPS) is 19.4. The summed E-state index contributed by atoms with van der Waals surface area (Å²) in [6.07, 6.45) is 4.37. The van der Waals surface area contributed by atoms with Gasteiger partial charge in [-0.1, -0.05) is 0 Å². The van der Waals surface area contributed by atoms with Crippen LogP contribution < -0.4 is 16.7 Å². The second-order valence-corrected chi connectivity index (χ2v) is 10.1. The smallest absolute Gasteiger partial charge is 0.428 e. The summed E-state index contributed by atoms with van der Waals surface area (Å²) in [7, 11) is 0. The number of nitrogens with zero attached hydrogens (tertiary/aromatic N) is 3. The van der Waals surface area contributed by atoms with Crippen molar-refractivity contribution in [1.29, 1.82) is 0 Å². The molecule has 1 saturated heterocycles. The Labute approximate surface area is 183 Å². The van der Waals surface area contributed by atoms with Crippen LogP contribution in [0.1, 0.15) is 62.9 Å². The second-order valence-electron chi connectivity index (χ2n) is 9.08. The van der Waals surface area contributed by atoms with Crippen molar-refractivity contribution in [1.82, 2.24) is 14.6 Å². The van der Waals surface area contributed by atoms with Crippen LogP contribution in [-0.2, 0) is 16.0 Å². The highest BCUT2D eigenvalue weighted by molar-refractivity contribution is 7.20. The number of aromatic nitrogens is 2. The highest BCUT2D eigenvalue weighted by atomic mass is 32.1. The predicted molar refractivity (Wildman–Crippen MR) is 119 cm³/mol. The number of rotatable bonds is 5. The molecule has 168 valence electrons. The number of aryl methyl sites for hydroxylation is 1. The van der Waals surface area contributed by atoms with Gasteiger partial charge in [0, 0.05) is 12.6 Å². The number of hydrogen-bond donors (Lipinski definition) is 1.